The molecule has 2 atom stereocenters. The average Bonchev–Trinajstić information content (AvgIpc) is 3.65. The van der Waals surface area contributed by atoms with E-state index in [0.717, 1.165) is 81.3 Å². The number of aryl methyl sites for hydroxylation is 1. The highest BCUT2D eigenvalue weighted by molar-refractivity contribution is 6.31. The fraction of sp³-hybridized carbons (Fsp3) is 0.571. The molecular formula is C28H36ClN3O3. The van der Waals surface area contributed by atoms with Gasteiger partial charge in [-0.05, 0) is 99.6 Å². The van der Waals surface area contributed by atoms with E-state index in [1.54, 1.807) is 0 Å². The van der Waals surface area contributed by atoms with Crippen molar-refractivity contribution in [2.75, 3.05) is 19.0 Å². The zero-order valence-electron chi connectivity index (χ0n) is 20.5. The number of benzene rings is 1. The summed E-state index contributed by atoms with van der Waals surface area (Å²) < 4.78 is 6.11. The number of fused-ring (bicyclic) bond motifs is 1. The summed E-state index contributed by atoms with van der Waals surface area (Å²) in [4.78, 5) is 18.8. The summed E-state index contributed by atoms with van der Waals surface area (Å²) in [6, 6.07) is 9.90. The fourth-order valence-corrected chi connectivity index (χ4v) is 6.00. The fourth-order valence-electron chi connectivity index (χ4n) is 5.66. The number of anilines is 1. The maximum absolute atomic E-state index is 12.3. The Morgan fingerprint density at radius 1 is 1.23 bits per heavy atom. The van der Waals surface area contributed by atoms with Crippen molar-refractivity contribution in [3.05, 3.63) is 58.2 Å². The van der Waals surface area contributed by atoms with Crippen LogP contribution in [0.25, 0.3) is 0 Å². The van der Waals surface area contributed by atoms with Gasteiger partial charge in [0.2, 0.25) is 0 Å². The van der Waals surface area contributed by atoms with Crippen LogP contribution in [0.5, 0.6) is 0 Å². The molecule has 0 unspecified atom stereocenters. The molecule has 2 N–H and O–H groups in total. The molecule has 1 aromatic carbocycles. The summed E-state index contributed by atoms with van der Waals surface area (Å²) in [6.45, 7) is 0.769. The Morgan fingerprint density at radius 3 is 2.83 bits per heavy atom. The van der Waals surface area contributed by atoms with E-state index in [4.69, 9.17) is 16.3 Å². The summed E-state index contributed by atoms with van der Waals surface area (Å²) in [5.74, 6) is 0.641. The third-order valence-electron chi connectivity index (χ3n) is 7.95. The van der Waals surface area contributed by atoms with Gasteiger partial charge in [-0.1, -0.05) is 29.8 Å². The summed E-state index contributed by atoms with van der Waals surface area (Å²) in [5.41, 5.74) is 3.21. The van der Waals surface area contributed by atoms with Gasteiger partial charge < -0.3 is 15.2 Å². The lowest BCUT2D eigenvalue weighted by molar-refractivity contribution is -0.146. The third kappa shape index (κ3) is 5.65. The van der Waals surface area contributed by atoms with Gasteiger partial charge in [-0.15, -0.1) is 0 Å². The molecule has 1 aliphatic heterocycles. The molecular weight excluding hydrogens is 462 g/mol. The minimum absolute atomic E-state index is 0.214. The van der Waals surface area contributed by atoms with Crippen molar-refractivity contribution < 1.29 is 14.6 Å². The van der Waals surface area contributed by atoms with Gasteiger partial charge in [-0.25, -0.2) is 4.98 Å². The lowest BCUT2D eigenvalue weighted by Crippen LogP contribution is -2.49. The summed E-state index contributed by atoms with van der Waals surface area (Å²) in [7, 11) is 1.93. The van der Waals surface area contributed by atoms with Gasteiger partial charge in [-0.3, -0.25) is 9.69 Å². The number of ether oxygens (including phenoxy) is 1. The second-order valence-electron chi connectivity index (χ2n) is 10.4. The van der Waals surface area contributed by atoms with Crippen LogP contribution in [0, 0.1) is 0 Å². The van der Waals surface area contributed by atoms with Gasteiger partial charge >= 0.3 is 5.97 Å². The Kier molecular flexibility index (Phi) is 7.61. The van der Waals surface area contributed by atoms with Gasteiger partial charge in [-0.2, -0.15) is 0 Å². The van der Waals surface area contributed by atoms with Crippen LogP contribution in [-0.2, 0) is 16.0 Å². The number of carboxylic acids is 1. The van der Waals surface area contributed by atoms with Gasteiger partial charge in [0, 0.05) is 29.9 Å². The molecule has 1 aromatic heterocycles. The number of aromatic nitrogens is 1. The number of nitrogens with zero attached hydrogens (tertiary/aromatic N) is 2. The molecule has 6 nitrogen and oxygen atoms in total. The zero-order valence-corrected chi connectivity index (χ0v) is 21.2. The molecule has 0 bridgehead atoms. The normalized spacial score (nSPS) is 24.4. The average molecular weight is 498 g/mol. The van der Waals surface area contributed by atoms with Crippen LogP contribution in [-0.4, -0.2) is 52.8 Å². The first-order valence-corrected chi connectivity index (χ1v) is 13.4. The molecule has 0 saturated heterocycles. The number of aliphatic carboxylic acids is 1. The Morgan fingerprint density at radius 2 is 2.06 bits per heavy atom. The number of hydrogen-bond acceptors (Lipinski definition) is 5. The second kappa shape index (κ2) is 10.9. The first-order valence-electron chi connectivity index (χ1n) is 13.1. The molecule has 2 aromatic rings. The molecule has 2 heterocycles. The van der Waals surface area contributed by atoms with Crippen LogP contribution < -0.4 is 5.32 Å². The van der Waals surface area contributed by atoms with Crippen LogP contribution in [0.1, 0.15) is 80.0 Å². The molecule has 2 saturated carbocycles. The van der Waals surface area contributed by atoms with Gasteiger partial charge in [0.05, 0.1) is 6.10 Å². The molecule has 188 valence electrons. The van der Waals surface area contributed by atoms with Crippen LogP contribution in [0.4, 0.5) is 5.82 Å². The Bertz CT molecular complexity index is 1040. The van der Waals surface area contributed by atoms with Crippen LogP contribution in [0.3, 0.4) is 0 Å². The van der Waals surface area contributed by atoms with Gasteiger partial charge in [0.25, 0.3) is 0 Å². The summed E-state index contributed by atoms with van der Waals surface area (Å²) >= 11 is 6.48. The van der Waals surface area contributed by atoms with Crippen molar-refractivity contribution in [2.45, 2.75) is 87.9 Å². The largest absolute Gasteiger partial charge is 0.480 e. The predicted molar refractivity (Wildman–Crippen MR) is 138 cm³/mol. The molecule has 7 heteroatoms. The number of unbranched alkanes of at least 4 members (excludes halogenated alkanes) is 1. The zero-order chi connectivity index (χ0) is 24.4. The molecule has 35 heavy (non-hydrogen) atoms. The molecule has 5 rings (SSSR count). The number of hydrogen-bond donors (Lipinski definition) is 2. The van der Waals surface area contributed by atoms with E-state index in [2.05, 4.69) is 16.4 Å². The number of nitrogens with one attached hydrogen (secondary N) is 1. The quantitative estimate of drug-likeness (QED) is 0.381. The van der Waals surface area contributed by atoms with E-state index in [0.29, 0.717) is 17.0 Å². The standard InChI is InChI=1S/C28H36ClN3O3/c1-32(26(28(33)34)23-8-4-9-24(29)25(23)18-10-11-18)21-16-22(17-21)35-15-3-2-7-20-13-12-19-6-5-14-30-27(19)31-20/h4-6,8-9,14,18,20-22,26H,2-3,7,10-13,15-17H2,1H3,(H,30,31)(H,33,34)/t20-,21?,22?,26+/m0/s1. The van der Waals surface area contributed by atoms with Crippen molar-refractivity contribution in [1.29, 1.82) is 0 Å². The van der Waals surface area contributed by atoms with Crippen LogP contribution in [0.2, 0.25) is 5.02 Å². The van der Waals surface area contributed by atoms with Crippen molar-refractivity contribution in [1.82, 2.24) is 9.88 Å². The Hall–Kier alpha value is -2.15. The smallest absolute Gasteiger partial charge is 0.325 e. The van der Waals surface area contributed by atoms with Crippen LogP contribution in [0.15, 0.2) is 36.5 Å². The molecule has 0 amide bonds. The first-order chi connectivity index (χ1) is 17.0. The molecule has 2 aliphatic carbocycles. The van der Waals surface area contributed by atoms with E-state index in [1.807, 2.05) is 42.4 Å². The Labute approximate surface area is 213 Å². The summed E-state index contributed by atoms with van der Waals surface area (Å²) in [6.07, 6.45) is 11.6. The SMILES string of the molecule is CN(C1CC(OCCCC[C@H]2CCc3cccnc3N2)C1)[C@@H](C(=O)O)c1cccc(Cl)c1C1CC1. The maximum Gasteiger partial charge on any atom is 0.325 e. The number of pyridine rings is 1. The van der Waals surface area contributed by atoms with E-state index >= 15 is 0 Å². The highest BCUT2D eigenvalue weighted by Gasteiger charge is 2.41. The molecule has 3 aliphatic rings. The monoisotopic (exact) mass is 497 g/mol. The number of rotatable bonds is 11. The van der Waals surface area contributed by atoms with Crippen molar-refractivity contribution in [3.8, 4) is 0 Å². The molecule has 0 spiro atoms. The van der Waals surface area contributed by atoms with Crippen molar-refractivity contribution in [3.63, 3.8) is 0 Å². The summed E-state index contributed by atoms with van der Waals surface area (Å²) in [5, 5.41) is 14.4. The van der Waals surface area contributed by atoms with Crippen LogP contribution >= 0.6 is 11.6 Å². The third-order valence-corrected chi connectivity index (χ3v) is 8.28. The number of carboxylic acid groups (broad SMARTS) is 1. The lowest BCUT2D eigenvalue weighted by Gasteiger charge is -2.43. The highest BCUT2D eigenvalue weighted by atomic mass is 35.5. The van der Waals surface area contributed by atoms with Gasteiger partial charge in [0.15, 0.2) is 0 Å². The predicted octanol–water partition coefficient (Wildman–Crippen LogP) is 5.81. The van der Waals surface area contributed by atoms with Crippen molar-refractivity contribution >= 4 is 23.4 Å². The van der Waals surface area contributed by atoms with E-state index in [9.17, 15) is 9.90 Å². The molecule has 0 radical (unpaired) electrons. The van der Waals surface area contributed by atoms with E-state index in [1.165, 1.54) is 5.56 Å². The number of likely N-dealkylation sites (N-methyl/N-ethyl adjacent to an activating group) is 1. The first kappa shape index (κ1) is 24.5. The Balaban J connectivity index is 1.05. The van der Waals surface area contributed by atoms with Gasteiger partial charge in [0.1, 0.15) is 11.9 Å². The number of carbonyl (C=O) groups is 1. The maximum atomic E-state index is 12.3. The molecule has 2 fully saturated rings. The van der Waals surface area contributed by atoms with E-state index < -0.39 is 12.0 Å². The minimum Gasteiger partial charge on any atom is -0.480 e. The van der Waals surface area contributed by atoms with E-state index in [-0.39, 0.29) is 12.1 Å². The highest BCUT2D eigenvalue weighted by Crippen LogP contribution is 2.47. The second-order valence-corrected chi connectivity index (χ2v) is 10.8. The lowest BCUT2D eigenvalue weighted by atomic mass is 9.85. The number of halogens is 1. The van der Waals surface area contributed by atoms with Crippen molar-refractivity contribution in [2.24, 2.45) is 0 Å². The topological polar surface area (TPSA) is 74.7 Å². The minimum atomic E-state index is -0.810.